The normalized spacial score (nSPS) is 27.5. The highest BCUT2D eigenvalue weighted by Gasteiger charge is 2.43. The van der Waals surface area contributed by atoms with Crippen LogP contribution in [0.4, 0.5) is 0 Å². The summed E-state index contributed by atoms with van der Waals surface area (Å²) in [5.41, 5.74) is 10.8. The number of hydrogen-bond acceptors (Lipinski definition) is 2. The summed E-state index contributed by atoms with van der Waals surface area (Å²) in [5.74, 6) is 0. The number of benzene rings is 1. The van der Waals surface area contributed by atoms with Gasteiger partial charge >= 0.3 is 0 Å². The standard InChI is InChI=1S/C17H28N2/c1-13-6-7-15(14(2)10-13)17(12-18)8-9-19(5)16(3,4)11-17/h6-7,10H,8-9,11-12,18H2,1-5H3. The van der Waals surface area contributed by atoms with Crippen LogP contribution in [-0.2, 0) is 5.41 Å². The third kappa shape index (κ3) is 2.56. The summed E-state index contributed by atoms with van der Waals surface area (Å²) in [7, 11) is 2.22. The summed E-state index contributed by atoms with van der Waals surface area (Å²) < 4.78 is 0. The molecule has 1 unspecified atom stereocenters. The fourth-order valence-corrected chi connectivity index (χ4v) is 3.66. The van der Waals surface area contributed by atoms with Gasteiger partial charge in [-0.15, -0.1) is 0 Å². The molecule has 1 fully saturated rings. The van der Waals surface area contributed by atoms with Gasteiger partial charge in [-0.05, 0) is 65.3 Å². The van der Waals surface area contributed by atoms with Gasteiger partial charge in [0.2, 0.25) is 0 Å². The highest BCUT2D eigenvalue weighted by Crippen LogP contribution is 2.42. The average Bonchev–Trinajstić information content (AvgIpc) is 2.33. The fourth-order valence-electron chi connectivity index (χ4n) is 3.66. The van der Waals surface area contributed by atoms with Gasteiger partial charge in [0.15, 0.2) is 0 Å². The Morgan fingerprint density at radius 3 is 2.47 bits per heavy atom. The highest BCUT2D eigenvalue weighted by molar-refractivity contribution is 5.38. The van der Waals surface area contributed by atoms with Crippen LogP contribution in [-0.4, -0.2) is 30.6 Å². The van der Waals surface area contributed by atoms with E-state index in [2.05, 4.69) is 57.8 Å². The topological polar surface area (TPSA) is 29.3 Å². The third-order valence-electron chi connectivity index (χ3n) is 5.07. The summed E-state index contributed by atoms with van der Waals surface area (Å²) in [6.07, 6.45) is 2.30. The Morgan fingerprint density at radius 1 is 1.26 bits per heavy atom. The van der Waals surface area contributed by atoms with Gasteiger partial charge < -0.3 is 10.6 Å². The molecule has 19 heavy (non-hydrogen) atoms. The zero-order chi connectivity index (χ0) is 14.3. The van der Waals surface area contributed by atoms with E-state index in [-0.39, 0.29) is 11.0 Å². The van der Waals surface area contributed by atoms with Gasteiger partial charge in [0.25, 0.3) is 0 Å². The molecule has 1 heterocycles. The lowest BCUT2D eigenvalue weighted by Gasteiger charge is -2.50. The van der Waals surface area contributed by atoms with E-state index >= 15 is 0 Å². The molecule has 0 aromatic heterocycles. The van der Waals surface area contributed by atoms with E-state index in [4.69, 9.17) is 5.73 Å². The molecular weight excluding hydrogens is 232 g/mol. The van der Waals surface area contributed by atoms with Crippen molar-refractivity contribution in [1.29, 1.82) is 0 Å². The van der Waals surface area contributed by atoms with E-state index in [1.807, 2.05) is 0 Å². The maximum absolute atomic E-state index is 6.23. The predicted molar refractivity (Wildman–Crippen MR) is 82.6 cm³/mol. The van der Waals surface area contributed by atoms with E-state index in [9.17, 15) is 0 Å². The van der Waals surface area contributed by atoms with Gasteiger partial charge in [-0.3, -0.25) is 0 Å². The minimum absolute atomic E-state index is 0.147. The number of nitrogens with zero attached hydrogens (tertiary/aromatic N) is 1. The molecule has 0 radical (unpaired) electrons. The molecule has 1 aromatic carbocycles. The minimum Gasteiger partial charge on any atom is -0.330 e. The number of rotatable bonds is 2. The first-order valence-electron chi connectivity index (χ1n) is 7.30. The Balaban J connectivity index is 2.43. The quantitative estimate of drug-likeness (QED) is 0.885. The van der Waals surface area contributed by atoms with E-state index in [1.54, 1.807) is 0 Å². The van der Waals surface area contributed by atoms with Crippen molar-refractivity contribution in [2.24, 2.45) is 5.73 Å². The molecule has 1 atom stereocenters. The van der Waals surface area contributed by atoms with Crippen molar-refractivity contribution in [3.8, 4) is 0 Å². The monoisotopic (exact) mass is 260 g/mol. The molecule has 2 N–H and O–H groups in total. The number of hydrogen-bond donors (Lipinski definition) is 1. The molecule has 1 aliphatic heterocycles. The SMILES string of the molecule is Cc1ccc(C2(CN)CCN(C)C(C)(C)C2)c(C)c1. The van der Waals surface area contributed by atoms with Crippen LogP contribution >= 0.6 is 0 Å². The molecule has 106 valence electrons. The first kappa shape index (κ1) is 14.5. The first-order chi connectivity index (χ1) is 8.81. The Kier molecular flexibility index (Phi) is 3.76. The second kappa shape index (κ2) is 4.92. The zero-order valence-corrected chi connectivity index (χ0v) is 13.1. The van der Waals surface area contributed by atoms with Crippen LogP contribution in [0.5, 0.6) is 0 Å². The summed E-state index contributed by atoms with van der Waals surface area (Å²) in [6, 6.07) is 6.82. The van der Waals surface area contributed by atoms with Crippen LogP contribution in [0, 0.1) is 13.8 Å². The summed E-state index contributed by atoms with van der Waals surface area (Å²) >= 11 is 0. The molecule has 1 saturated heterocycles. The molecule has 0 spiro atoms. The van der Waals surface area contributed by atoms with Crippen molar-refractivity contribution >= 4 is 0 Å². The third-order valence-corrected chi connectivity index (χ3v) is 5.07. The van der Waals surface area contributed by atoms with Crippen LogP contribution in [0.25, 0.3) is 0 Å². The lowest BCUT2D eigenvalue weighted by molar-refractivity contribution is 0.0565. The van der Waals surface area contributed by atoms with Gasteiger partial charge in [-0.25, -0.2) is 0 Å². The first-order valence-corrected chi connectivity index (χ1v) is 7.30. The van der Waals surface area contributed by atoms with E-state index in [0.29, 0.717) is 0 Å². The Labute approximate surface area is 118 Å². The second-order valence-electron chi connectivity index (χ2n) is 6.96. The van der Waals surface area contributed by atoms with Crippen molar-refractivity contribution in [2.75, 3.05) is 20.1 Å². The largest absolute Gasteiger partial charge is 0.330 e. The Bertz CT molecular complexity index is 464. The van der Waals surface area contributed by atoms with Crippen molar-refractivity contribution in [2.45, 2.75) is 51.5 Å². The summed E-state index contributed by atoms with van der Waals surface area (Å²) in [6.45, 7) is 10.9. The van der Waals surface area contributed by atoms with Crippen LogP contribution in [0.15, 0.2) is 18.2 Å². The molecule has 1 aliphatic rings. The van der Waals surface area contributed by atoms with E-state index in [0.717, 1.165) is 25.9 Å². The number of nitrogens with two attached hydrogens (primary N) is 1. The lowest BCUT2D eigenvalue weighted by atomic mass is 9.65. The number of aryl methyl sites for hydroxylation is 2. The van der Waals surface area contributed by atoms with Crippen molar-refractivity contribution in [3.63, 3.8) is 0 Å². The van der Waals surface area contributed by atoms with Crippen molar-refractivity contribution < 1.29 is 0 Å². The number of piperidine rings is 1. The van der Waals surface area contributed by atoms with Gasteiger partial charge in [0, 0.05) is 17.5 Å². The van der Waals surface area contributed by atoms with Gasteiger partial charge in [-0.1, -0.05) is 23.8 Å². The Morgan fingerprint density at radius 2 is 1.95 bits per heavy atom. The van der Waals surface area contributed by atoms with Gasteiger partial charge in [0.1, 0.15) is 0 Å². The Hall–Kier alpha value is -0.860. The van der Waals surface area contributed by atoms with Gasteiger partial charge in [-0.2, -0.15) is 0 Å². The molecule has 1 aromatic rings. The highest BCUT2D eigenvalue weighted by atomic mass is 15.2. The van der Waals surface area contributed by atoms with Crippen LogP contribution in [0.2, 0.25) is 0 Å². The second-order valence-corrected chi connectivity index (χ2v) is 6.96. The zero-order valence-electron chi connectivity index (χ0n) is 13.1. The van der Waals surface area contributed by atoms with Crippen molar-refractivity contribution in [3.05, 3.63) is 34.9 Å². The maximum atomic E-state index is 6.23. The predicted octanol–water partition coefficient (Wildman–Crippen LogP) is 3.00. The fraction of sp³-hybridized carbons (Fsp3) is 0.647. The van der Waals surface area contributed by atoms with Crippen LogP contribution < -0.4 is 5.73 Å². The summed E-state index contributed by atoms with van der Waals surface area (Å²) in [4.78, 5) is 2.46. The van der Waals surface area contributed by atoms with E-state index < -0.39 is 0 Å². The molecule has 0 amide bonds. The summed E-state index contributed by atoms with van der Waals surface area (Å²) in [5, 5.41) is 0. The van der Waals surface area contributed by atoms with Crippen LogP contribution in [0.3, 0.4) is 0 Å². The maximum Gasteiger partial charge on any atom is 0.0159 e. The number of likely N-dealkylation sites (tertiary alicyclic amines) is 1. The minimum atomic E-state index is 0.147. The molecule has 0 aliphatic carbocycles. The van der Waals surface area contributed by atoms with Crippen molar-refractivity contribution in [1.82, 2.24) is 4.90 Å². The van der Waals surface area contributed by atoms with Crippen LogP contribution in [0.1, 0.15) is 43.4 Å². The molecular formula is C17H28N2. The molecule has 2 heteroatoms. The van der Waals surface area contributed by atoms with Gasteiger partial charge in [0.05, 0.1) is 0 Å². The molecule has 0 bridgehead atoms. The molecule has 2 nitrogen and oxygen atoms in total. The average molecular weight is 260 g/mol. The lowest BCUT2D eigenvalue weighted by Crippen LogP contribution is -2.55. The molecule has 2 rings (SSSR count). The van der Waals surface area contributed by atoms with E-state index in [1.165, 1.54) is 16.7 Å². The molecule has 0 saturated carbocycles. The smallest absolute Gasteiger partial charge is 0.0159 e.